The van der Waals surface area contributed by atoms with E-state index in [0.717, 1.165) is 13.8 Å². The van der Waals surface area contributed by atoms with Crippen molar-refractivity contribution in [3.63, 3.8) is 0 Å². The average molecular weight is 1510 g/mol. The number of carbonyl (C=O) groups is 4. The largest absolute Gasteiger partial charge is 0.480 e. The molecule has 0 saturated carbocycles. The van der Waals surface area contributed by atoms with Gasteiger partial charge < -0.3 is 210 Å². The molecule has 0 aromatic heterocycles. The van der Waals surface area contributed by atoms with Gasteiger partial charge in [-0.15, -0.1) is 0 Å². The number of hydrogen-bond donors (Lipinski definition) is 28. The highest BCUT2D eigenvalue weighted by Crippen LogP contribution is 2.38. The second-order valence-corrected chi connectivity index (χ2v) is 25.7. The Morgan fingerprint density at radius 2 is 0.660 bits per heavy atom. The molecule has 0 aromatic carbocycles. The van der Waals surface area contributed by atoms with Gasteiger partial charge in [0.2, 0.25) is 17.7 Å². The Bertz CT molecular complexity index is 2690. The molecule has 0 bridgehead atoms. The molecule has 0 aromatic rings. The molecular weight excluding hydrogens is 1420 g/mol. The van der Waals surface area contributed by atoms with E-state index < -0.39 is 334 Å². The molecule has 596 valence electrons. The molecule has 8 fully saturated rings. The predicted molar refractivity (Wildman–Crippen MR) is 314 cm³/mol. The van der Waals surface area contributed by atoms with Gasteiger partial charge in [-0.25, -0.2) is 0 Å². The van der Waals surface area contributed by atoms with Gasteiger partial charge in [0.05, 0.1) is 65.3 Å². The van der Waals surface area contributed by atoms with Crippen molar-refractivity contribution >= 4 is 23.7 Å². The van der Waals surface area contributed by atoms with E-state index in [1.807, 2.05) is 0 Å². The van der Waals surface area contributed by atoms with Crippen LogP contribution in [-0.4, -0.2) is 451 Å². The van der Waals surface area contributed by atoms with E-state index in [1.54, 1.807) is 0 Å². The molecule has 29 N–H and O–H groups in total. The van der Waals surface area contributed by atoms with Crippen LogP contribution in [0, 0.1) is 0 Å². The molecule has 41 atom stereocenters. The number of aliphatic carboxylic acids is 1. The number of ether oxygens (including phenoxy) is 15. The van der Waals surface area contributed by atoms with Crippen LogP contribution in [0.4, 0.5) is 0 Å². The van der Waals surface area contributed by atoms with Crippen molar-refractivity contribution in [3.05, 3.63) is 0 Å². The van der Waals surface area contributed by atoms with Crippen molar-refractivity contribution in [1.29, 1.82) is 0 Å². The summed E-state index contributed by atoms with van der Waals surface area (Å²) >= 11 is 0. The monoisotopic (exact) mass is 1510 g/mol. The first-order chi connectivity index (χ1) is 48.6. The second-order valence-electron chi connectivity index (χ2n) is 25.7. The molecule has 103 heavy (non-hydrogen) atoms. The van der Waals surface area contributed by atoms with E-state index in [4.69, 9.17) is 76.8 Å². The van der Waals surface area contributed by atoms with Crippen molar-refractivity contribution in [2.75, 3.05) is 52.9 Å². The molecule has 8 aliphatic rings. The minimum Gasteiger partial charge on any atom is -0.480 e. The second kappa shape index (κ2) is 37.2. The van der Waals surface area contributed by atoms with Gasteiger partial charge in [0.15, 0.2) is 44.0 Å². The minimum atomic E-state index is -2.54. The standard InChI is InChI=1S/C56H94N4O43/c1-12(67)58-24-32(76)43(19(8-65)91-48(24)60-14(49(87)88)3-23(57)69)99-50-25(59-13(2)68)33(77)44(20(9-66)96-50)100-55-42(86)46(102-56-47(37(81)29(73)18(7-64)95-56)103-54-40(84)36(80)28(72)17(6-63)94-54)31(75)22(98-55)11-90-52-41(85)45(101-53-39(83)35(79)27(71)16(5-62)93-53)30(74)21(97-52)10-89-51-38(82)34(78)26(70)15(4-61)92-51/h14-22,24-48,50-56,60-66,70-86H,3-11H2,1-2H3,(H2,57,69)(H,58,67)(H,59,68)(H,87,88)/t14-,15+,16+,17+,18+,19+,20+,21+,22+,24+,25+,26+,27+,28+,29+,30+,31+,32+,33+,34-,35-,36-,37-,38-,39-,40-,41-,42-,43+,44+,45-,46-,47-,48+,50-,51-,52-,53+,54+,55-,56+/m0/s1. The highest BCUT2D eigenvalue weighted by Gasteiger charge is 2.60. The number of hydrogen-bond acceptors (Lipinski definition) is 43. The number of carboxylic acid groups (broad SMARTS) is 1. The summed E-state index contributed by atoms with van der Waals surface area (Å²) in [5.41, 5.74) is 5.23. The first-order valence-corrected chi connectivity index (χ1v) is 32.4. The molecule has 0 spiro atoms. The smallest absolute Gasteiger partial charge is 0.321 e. The van der Waals surface area contributed by atoms with Crippen LogP contribution in [0.2, 0.25) is 0 Å². The molecule has 3 amide bonds. The molecule has 47 heteroatoms. The Morgan fingerprint density at radius 1 is 0.340 bits per heavy atom. The first kappa shape index (κ1) is 84.9. The number of amides is 3. The number of aliphatic hydroxyl groups excluding tert-OH is 23. The van der Waals surface area contributed by atoms with E-state index >= 15 is 0 Å². The van der Waals surface area contributed by atoms with Gasteiger partial charge in [-0.1, -0.05) is 0 Å². The Kier molecular flexibility index (Phi) is 30.6. The van der Waals surface area contributed by atoms with Crippen LogP contribution in [0.1, 0.15) is 20.3 Å². The summed E-state index contributed by atoms with van der Waals surface area (Å²) in [6.07, 6.45) is -80.2. The maximum atomic E-state index is 13.0. The lowest BCUT2D eigenvalue weighted by Gasteiger charge is -2.51. The lowest BCUT2D eigenvalue weighted by Crippen LogP contribution is -2.72. The van der Waals surface area contributed by atoms with Gasteiger partial charge in [-0.05, 0) is 0 Å². The Morgan fingerprint density at radius 3 is 1.11 bits per heavy atom. The van der Waals surface area contributed by atoms with Crippen LogP contribution in [0.25, 0.3) is 0 Å². The van der Waals surface area contributed by atoms with Gasteiger partial charge in [-0.3, -0.25) is 24.5 Å². The summed E-state index contributed by atoms with van der Waals surface area (Å²) in [6.45, 7) is -6.68. The van der Waals surface area contributed by atoms with Crippen molar-refractivity contribution in [2.45, 2.75) is 272 Å². The zero-order valence-electron chi connectivity index (χ0n) is 54.6. The van der Waals surface area contributed by atoms with Crippen molar-refractivity contribution in [1.82, 2.24) is 16.0 Å². The van der Waals surface area contributed by atoms with Crippen LogP contribution in [0.15, 0.2) is 0 Å². The van der Waals surface area contributed by atoms with Crippen molar-refractivity contribution < 1.29 is 213 Å². The van der Waals surface area contributed by atoms with Crippen molar-refractivity contribution in [2.24, 2.45) is 5.73 Å². The highest BCUT2D eigenvalue weighted by molar-refractivity contribution is 5.83. The van der Waals surface area contributed by atoms with Crippen LogP contribution >= 0.6 is 0 Å². The van der Waals surface area contributed by atoms with Gasteiger partial charge in [0.1, 0.15) is 201 Å². The first-order valence-electron chi connectivity index (χ1n) is 32.4. The maximum absolute atomic E-state index is 13.0. The zero-order chi connectivity index (χ0) is 76.1. The molecule has 8 rings (SSSR count). The van der Waals surface area contributed by atoms with E-state index in [-0.39, 0.29) is 0 Å². The fourth-order valence-corrected chi connectivity index (χ4v) is 12.8. The zero-order valence-corrected chi connectivity index (χ0v) is 54.6. The topological polar surface area (TPSA) is 754 Å². The van der Waals surface area contributed by atoms with Crippen molar-refractivity contribution in [3.8, 4) is 0 Å². The third kappa shape index (κ3) is 19.1. The molecule has 0 radical (unpaired) electrons. The Balaban J connectivity index is 1.12. The normalized spacial score (nSPS) is 48.0. The predicted octanol–water partition coefficient (Wildman–Crippen LogP) is -19.2. The van der Waals surface area contributed by atoms with E-state index in [2.05, 4.69) is 16.0 Å². The summed E-state index contributed by atoms with van der Waals surface area (Å²) in [7, 11) is 0. The fraction of sp³-hybridized carbons (Fsp3) is 0.929. The summed E-state index contributed by atoms with van der Waals surface area (Å²) in [6, 6.07) is -5.49. The number of rotatable bonds is 29. The van der Waals surface area contributed by atoms with E-state index in [1.165, 1.54) is 0 Å². The number of nitrogens with two attached hydrogens (primary N) is 1. The van der Waals surface area contributed by atoms with E-state index in [0.29, 0.717) is 0 Å². The number of primary amides is 1. The van der Waals surface area contributed by atoms with Gasteiger partial charge in [0.25, 0.3) is 0 Å². The summed E-state index contributed by atoms with van der Waals surface area (Å²) < 4.78 is 87.4. The summed E-state index contributed by atoms with van der Waals surface area (Å²) in [5, 5.41) is 270. The van der Waals surface area contributed by atoms with E-state index in [9.17, 15) is 142 Å². The third-order valence-electron chi connectivity index (χ3n) is 18.5. The number of aliphatic hydroxyl groups is 23. The lowest BCUT2D eigenvalue weighted by atomic mass is 9.93. The number of carbonyl (C=O) groups excluding carboxylic acids is 3. The molecular formula is C56H94N4O43. The molecule has 8 saturated heterocycles. The highest BCUT2D eigenvalue weighted by atomic mass is 16.8. The third-order valence-corrected chi connectivity index (χ3v) is 18.5. The van der Waals surface area contributed by atoms with Gasteiger partial charge in [0, 0.05) is 13.8 Å². The maximum Gasteiger partial charge on any atom is 0.321 e. The van der Waals surface area contributed by atoms with Crippen LogP contribution in [0.5, 0.6) is 0 Å². The summed E-state index contributed by atoms with van der Waals surface area (Å²) in [4.78, 5) is 49.5. The quantitative estimate of drug-likeness (QED) is 0.0331. The lowest BCUT2D eigenvalue weighted by molar-refractivity contribution is -0.399. The number of nitrogens with one attached hydrogen (secondary N) is 3. The van der Waals surface area contributed by atoms with Gasteiger partial charge >= 0.3 is 5.97 Å². The van der Waals surface area contributed by atoms with Crippen LogP contribution < -0.4 is 21.7 Å². The summed E-state index contributed by atoms with van der Waals surface area (Å²) in [5.74, 6) is -4.58. The molecule has 0 aliphatic carbocycles. The average Bonchev–Trinajstić information content (AvgIpc) is 0.793. The van der Waals surface area contributed by atoms with Crippen LogP contribution in [-0.2, 0) is 90.2 Å². The molecule has 47 nitrogen and oxygen atoms in total. The number of carboxylic acids is 1. The van der Waals surface area contributed by atoms with Crippen LogP contribution in [0.3, 0.4) is 0 Å². The SMILES string of the molecule is CC(=O)N[C@@H]1[C@@H](O)[C@H](O[C@@H]2O[C@H](CO)[C@@H](O[C@@H]3O[C@H](CO[C@H]4O[C@H](CO[C@H]5O[C@H](CO)[C@@H](O)[C@H](O)[C@@H]5O)[C@@H](O)[C@H](O[C@H]5O[C@H](CO)[C@@H](O)[C@H](O)[C@@H]5O)[C@@H]4O)[C@@H](O)[C@H](O[C@H]4O[C@H](CO)[C@@H](O)[C@H](O)[C@@H]4O[C@H]4O[C@H](CO)[C@@H](O)[C@H](O)[C@@H]4O)[C@@H]3O)[C@H](O)[C@H]2NC(C)=O)[C@@H](CO)O[C@H]1N[C@@H](CC(N)=O)C(=O)O. The molecule has 8 aliphatic heterocycles. The van der Waals surface area contributed by atoms with Gasteiger partial charge in [-0.2, -0.15) is 0 Å². The fourth-order valence-electron chi connectivity index (χ4n) is 12.8. The Labute approximate surface area is 581 Å². The molecule has 8 heterocycles. The Hall–Kier alpha value is -3.68. The molecule has 0 unspecified atom stereocenters. The minimum absolute atomic E-state index is 0.844.